The average molecular weight is 262 g/mol. The summed E-state index contributed by atoms with van der Waals surface area (Å²) in [5.74, 6) is -2.56. The van der Waals surface area contributed by atoms with Gasteiger partial charge in [0.15, 0.2) is 11.6 Å². The Labute approximate surface area is 108 Å². The molecule has 5 heteroatoms. The van der Waals surface area contributed by atoms with E-state index in [1.54, 1.807) is 6.07 Å². The van der Waals surface area contributed by atoms with E-state index >= 15 is 0 Å². The number of hydrogen-bond acceptors (Lipinski definition) is 2. The zero-order chi connectivity index (χ0) is 13.8. The molecule has 0 amide bonds. The van der Waals surface area contributed by atoms with Crippen molar-refractivity contribution in [3.63, 3.8) is 0 Å². The molecule has 0 aliphatic heterocycles. The third-order valence-electron chi connectivity index (χ3n) is 2.63. The molecule has 0 atom stereocenters. The van der Waals surface area contributed by atoms with Crippen LogP contribution in [0.5, 0.6) is 0 Å². The maximum Gasteiger partial charge on any atom is 0.163 e. The molecule has 0 spiro atoms. The van der Waals surface area contributed by atoms with Crippen molar-refractivity contribution in [2.75, 3.05) is 5.32 Å². The van der Waals surface area contributed by atoms with Gasteiger partial charge < -0.3 is 5.32 Å². The second kappa shape index (κ2) is 5.44. The van der Waals surface area contributed by atoms with E-state index in [9.17, 15) is 13.2 Å². The van der Waals surface area contributed by atoms with Gasteiger partial charge in [-0.05, 0) is 18.2 Å². The standard InChI is InChI=1S/C14H9F3N2/c15-11-4-2-6-13(10(11)7-18)19-8-9-3-1-5-12(16)14(9)17/h1-6,19H,8H2. The van der Waals surface area contributed by atoms with Crippen LogP contribution >= 0.6 is 0 Å². The molecule has 96 valence electrons. The number of halogens is 3. The zero-order valence-electron chi connectivity index (χ0n) is 9.75. The molecule has 0 fully saturated rings. The predicted molar refractivity (Wildman–Crippen MR) is 64.8 cm³/mol. The number of benzene rings is 2. The van der Waals surface area contributed by atoms with E-state index in [4.69, 9.17) is 5.26 Å². The lowest BCUT2D eigenvalue weighted by atomic mass is 10.1. The third kappa shape index (κ3) is 2.68. The van der Waals surface area contributed by atoms with Gasteiger partial charge in [-0.3, -0.25) is 0 Å². The fourth-order valence-electron chi connectivity index (χ4n) is 1.66. The Bertz CT molecular complexity index is 648. The van der Waals surface area contributed by atoms with Crippen molar-refractivity contribution >= 4 is 5.69 Å². The van der Waals surface area contributed by atoms with Crippen LogP contribution in [0.3, 0.4) is 0 Å². The van der Waals surface area contributed by atoms with Crippen molar-refractivity contribution in [1.29, 1.82) is 5.26 Å². The molecule has 1 N–H and O–H groups in total. The zero-order valence-corrected chi connectivity index (χ0v) is 9.75. The lowest BCUT2D eigenvalue weighted by molar-refractivity contribution is 0.500. The van der Waals surface area contributed by atoms with Crippen LogP contribution in [0.25, 0.3) is 0 Å². The van der Waals surface area contributed by atoms with Gasteiger partial charge in [-0.2, -0.15) is 5.26 Å². The SMILES string of the molecule is N#Cc1c(F)cccc1NCc1cccc(F)c1F. The van der Waals surface area contributed by atoms with Gasteiger partial charge in [0.2, 0.25) is 0 Å². The molecule has 0 saturated heterocycles. The molecular weight excluding hydrogens is 253 g/mol. The molecule has 0 aromatic heterocycles. The summed E-state index contributed by atoms with van der Waals surface area (Å²) >= 11 is 0. The number of nitrogens with one attached hydrogen (secondary N) is 1. The molecule has 2 nitrogen and oxygen atoms in total. The highest BCUT2D eigenvalue weighted by Gasteiger charge is 2.10. The first-order valence-electron chi connectivity index (χ1n) is 5.49. The average Bonchev–Trinajstić information content (AvgIpc) is 2.40. The molecule has 0 aliphatic rings. The van der Waals surface area contributed by atoms with E-state index in [1.807, 2.05) is 0 Å². The first-order chi connectivity index (χ1) is 9.13. The lowest BCUT2D eigenvalue weighted by Crippen LogP contribution is -2.05. The summed E-state index contributed by atoms with van der Waals surface area (Å²) in [4.78, 5) is 0. The van der Waals surface area contributed by atoms with Gasteiger partial charge in [-0.15, -0.1) is 0 Å². The van der Waals surface area contributed by atoms with E-state index in [0.29, 0.717) is 0 Å². The molecular formula is C14H9F3N2. The molecule has 0 saturated carbocycles. The Morgan fingerprint density at radius 3 is 2.42 bits per heavy atom. The number of hydrogen-bond donors (Lipinski definition) is 1. The van der Waals surface area contributed by atoms with E-state index in [1.165, 1.54) is 24.3 Å². The maximum absolute atomic E-state index is 13.4. The smallest absolute Gasteiger partial charge is 0.163 e. The summed E-state index contributed by atoms with van der Waals surface area (Å²) in [5, 5.41) is 11.6. The van der Waals surface area contributed by atoms with Crippen LogP contribution in [0.2, 0.25) is 0 Å². The van der Waals surface area contributed by atoms with Crippen LogP contribution in [0.1, 0.15) is 11.1 Å². The molecule has 0 bridgehead atoms. The molecule has 2 rings (SSSR count). The molecule has 0 radical (unpaired) electrons. The molecule has 2 aromatic rings. The first-order valence-corrected chi connectivity index (χ1v) is 5.49. The maximum atomic E-state index is 13.4. The lowest BCUT2D eigenvalue weighted by Gasteiger charge is -2.09. The number of nitrogens with zero attached hydrogens (tertiary/aromatic N) is 1. The quantitative estimate of drug-likeness (QED) is 0.917. The van der Waals surface area contributed by atoms with Crippen LogP contribution in [-0.4, -0.2) is 0 Å². The van der Waals surface area contributed by atoms with Crippen molar-refractivity contribution in [2.45, 2.75) is 6.54 Å². The summed E-state index contributed by atoms with van der Waals surface area (Å²) in [6.07, 6.45) is 0. The van der Waals surface area contributed by atoms with Crippen molar-refractivity contribution in [2.24, 2.45) is 0 Å². The van der Waals surface area contributed by atoms with E-state index in [0.717, 1.165) is 12.1 Å². The van der Waals surface area contributed by atoms with Gasteiger partial charge >= 0.3 is 0 Å². The summed E-state index contributed by atoms with van der Waals surface area (Å²) in [7, 11) is 0. The summed E-state index contributed by atoms with van der Waals surface area (Å²) < 4.78 is 39.7. The topological polar surface area (TPSA) is 35.8 Å². The fraction of sp³-hybridized carbons (Fsp3) is 0.0714. The summed E-state index contributed by atoms with van der Waals surface area (Å²) in [6.45, 7) is -0.0400. The molecule has 19 heavy (non-hydrogen) atoms. The second-order valence-corrected chi connectivity index (χ2v) is 3.84. The summed E-state index contributed by atoms with van der Waals surface area (Å²) in [5.41, 5.74) is 0.193. The number of nitriles is 1. The van der Waals surface area contributed by atoms with Crippen LogP contribution in [0, 0.1) is 28.8 Å². The number of anilines is 1. The summed E-state index contributed by atoms with van der Waals surface area (Å²) in [6, 6.07) is 9.62. The molecule has 0 heterocycles. The normalized spacial score (nSPS) is 10.0. The highest BCUT2D eigenvalue weighted by Crippen LogP contribution is 2.19. The van der Waals surface area contributed by atoms with E-state index in [2.05, 4.69) is 5.32 Å². The number of rotatable bonds is 3. The first kappa shape index (κ1) is 13.0. The van der Waals surface area contributed by atoms with Crippen LogP contribution in [0.15, 0.2) is 36.4 Å². The van der Waals surface area contributed by atoms with Crippen molar-refractivity contribution < 1.29 is 13.2 Å². The van der Waals surface area contributed by atoms with Gasteiger partial charge in [0.05, 0.1) is 5.69 Å². The minimum absolute atomic E-state index is 0.0400. The monoisotopic (exact) mass is 262 g/mol. The van der Waals surface area contributed by atoms with E-state index in [-0.39, 0.29) is 23.4 Å². The Balaban J connectivity index is 2.22. The minimum Gasteiger partial charge on any atom is -0.380 e. The molecule has 0 aliphatic carbocycles. The Morgan fingerprint density at radius 1 is 1.00 bits per heavy atom. The van der Waals surface area contributed by atoms with Crippen LogP contribution < -0.4 is 5.32 Å². The van der Waals surface area contributed by atoms with Crippen molar-refractivity contribution in [3.8, 4) is 6.07 Å². The van der Waals surface area contributed by atoms with Gasteiger partial charge in [-0.1, -0.05) is 18.2 Å². The Morgan fingerprint density at radius 2 is 1.68 bits per heavy atom. The highest BCUT2D eigenvalue weighted by atomic mass is 19.2. The highest BCUT2D eigenvalue weighted by molar-refractivity contribution is 5.58. The van der Waals surface area contributed by atoms with Crippen molar-refractivity contribution in [3.05, 3.63) is 65.0 Å². The van der Waals surface area contributed by atoms with Crippen molar-refractivity contribution in [1.82, 2.24) is 0 Å². The minimum atomic E-state index is -0.954. The molecule has 0 unspecified atom stereocenters. The van der Waals surface area contributed by atoms with Gasteiger partial charge in [0, 0.05) is 12.1 Å². The van der Waals surface area contributed by atoms with Gasteiger partial charge in [0.25, 0.3) is 0 Å². The van der Waals surface area contributed by atoms with Crippen LogP contribution in [0.4, 0.5) is 18.9 Å². The molecule has 2 aromatic carbocycles. The Hall–Kier alpha value is -2.48. The van der Waals surface area contributed by atoms with Gasteiger partial charge in [0.1, 0.15) is 17.4 Å². The third-order valence-corrected chi connectivity index (χ3v) is 2.63. The van der Waals surface area contributed by atoms with Crippen LogP contribution in [-0.2, 0) is 6.54 Å². The predicted octanol–water partition coefficient (Wildman–Crippen LogP) is 3.59. The second-order valence-electron chi connectivity index (χ2n) is 3.84. The fourth-order valence-corrected chi connectivity index (χ4v) is 1.66. The van der Waals surface area contributed by atoms with E-state index < -0.39 is 17.5 Å². The largest absolute Gasteiger partial charge is 0.380 e. The Kier molecular flexibility index (Phi) is 3.71. The van der Waals surface area contributed by atoms with Gasteiger partial charge in [-0.25, -0.2) is 13.2 Å².